The molecule has 23 heavy (non-hydrogen) atoms. The van der Waals surface area contributed by atoms with Crippen LogP contribution in [0.2, 0.25) is 0 Å². The molecule has 2 saturated heterocycles. The summed E-state index contributed by atoms with van der Waals surface area (Å²) in [5.41, 5.74) is 3.31. The molecule has 0 bridgehead atoms. The topological polar surface area (TPSA) is 42.4 Å². The van der Waals surface area contributed by atoms with Crippen LogP contribution in [-0.2, 0) is 17.6 Å². The van der Waals surface area contributed by atoms with Crippen molar-refractivity contribution < 1.29 is 9.53 Å². The van der Waals surface area contributed by atoms with Crippen LogP contribution in [-0.4, -0.2) is 41.1 Å². The van der Waals surface area contributed by atoms with Gasteiger partial charge in [-0.25, -0.2) is 0 Å². The molecule has 1 aromatic heterocycles. The molecule has 4 nitrogen and oxygen atoms in total. The van der Waals surface area contributed by atoms with Crippen molar-refractivity contribution in [3.8, 4) is 0 Å². The highest BCUT2D eigenvalue weighted by atomic mass is 16.5. The van der Waals surface area contributed by atoms with Crippen molar-refractivity contribution in [2.24, 2.45) is 0 Å². The van der Waals surface area contributed by atoms with Gasteiger partial charge in [-0.2, -0.15) is 0 Å². The third-order valence-corrected chi connectivity index (χ3v) is 5.79. The normalized spacial score (nSPS) is 27.7. The van der Waals surface area contributed by atoms with Crippen molar-refractivity contribution in [3.63, 3.8) is 0 Å². The van der Waals surface area contributed by atoms with Gasteiger partial charge in [-0.15, -0.1) is 0 Å². The third-order valence-electron chi connectivity index (χ3n) is 5.79. The van der Waals surface area contributed by atoms with E-state index in [1.165, 1.54) is 30.5 Å². The van der Waals surface area contributed by atoms with Gasteiger partial charge in [-0.3, -0.25) is 9.78 Å². The summed E-state index contributed by atoms with van der Waals surface area (Å²) in [7, 11) is 0. The number of fused-ring (bicyclic) bond motifs is 1. The molecule has 1 atom stereocenters. The Kier molecular flexibility index (Phi) is 4.10. The first-order valence-corrected chi connectivity index (χ1v) is 9.17. The summed E-state index contributed by atoms with van der Waals surface area (Å²) < 4.78 is 6.02. The fourth-order valence-electron chi connectivity index (χ4n) is 4.41. The second-order valence-corrected chi connectivity index (χ2v) is 7.32. The van der Waals surface area contributed by atoms with Gasteiger partial charge < -0.3 is 9.64 Å². The molecule has 0 radical (unpaired) electrons. The number of carbonyl (C=O) groups is 1. The van der Waals surface area contributed by atoms with E-state index >= 15 is 0 Å². The van der Waals surface area contributed by atoms with Crippen LogP contribution in [0, 0.1) is 0 Å². The first-order valence-electron chi connectivity index (χ1n) is 9.17. The summed E-state index contributed by atoms with van der Waals surface area (Å²) in [4.78, 5) is 19.5. The van der Waals surface area contributed by atoms with E-state index in [9.17, 15) is 4.79 Å². The Bertz CT molecular complexity index is 593. The lowest BCUT2D eigenvalue weighted by atomic mass is 9.92. The molecule has 1 aliphatic carbocycles. The van der Waals surface area contributed by atoms with E-state index in [4.69, 9.17) is 4.74 Å². The molecule has 4 rings (SSSR count). The molecule has 3 aliphatic rings. The summed E-state index contributed by atoms with van der Waals surface area (Å²) in [6.45, 7) is 2.56. The Morgan fingerprint density at radius 1 is 1.09 bits per heavy atom. The van der Waals surface area contributed by atoms with E-state index in [1.54, 1.807) is 6.20 Å². The second-order valence-electron chi connectivity index (χ2n) is 7.32. The van der Waals surface area contributed by atoms with E-state index in [0.29, 0.717) is 0 Å². The minimum Gasteiger partial charge on any atom is -0.375 e. The highest BCUT2D eigenvalue weighted by Crippen LogP contribution is 2.35. The van der Waals surface area contributed by atoms with Crippen molar-refractivity contribution in [1.82, 2.24) is 9.88 Å². The maximum atomic E-state index is 12.9. The molecule has 0 saturated carbocycles. The SMILES string of the molecule is O=C(c1cnc2c(c1)CCCC2)N1CCC[C@@]2(CCCO2)CC1. The number of nitrogens with zero attached hydrogens (tertiary/aromatic N) is 2. The molecule has 4 heteroatoms. The van der Waals surface area contributed by atoms with E-state index in [1.807, 2.05) is 4.90 Å². The predicted octanol–water partition coefficient (Wildman–Crippen LogP) is 3.14. The molecular weight excluding hydrogens is 288 g/mol. The van der Waals surface area contributed by atoms with Crippen molar-refractivity contribution in [1.29, 1.82) is 0 Å². The van der Waals surface area contributed by atoms with Crippen molar-refractivity contribution >= 4 is 5.91 Å². The number of likely N-dealkylation sites (tertiary alicyclic amines) is 1. The van der Waals surface area contributed by atoms with Crippen LogP contribution in [0.4, 0.5) is 0 Å². The molecular formula is C19H26N2O2. The van der Waals surface area contributed by atoms with Gasteiger partial charge in [0.15, 0.2) is 0 Å². The van der Waals surface area contributed by atoms with Crippen molar-refractivity contribution in [2.75, 3.05) is 19.7 Å². The molecule has 0 unspecified atom stereocenters. The molecule has 0 aromatic carbocycles. The number of aryl methyl sites for hydroxylation is 2. The van der Waals surface area contributed by atoms with Gasteiger partial charge in [0, 0.05) is 31.6 Å². The van der Waals surface area contributed by atoms with Crippen LogP contribution in [0.1, 0.15) is 66.6 Å². The minimum absolute atomic E-state index is 0.0587. The van der Waals surface area contributed by atoms with Gasteiger partial charge in [-0.1, -0.05) is 0 Å². The number of hydrogen-bond acceptors (Lipinski definition) is 3. The maximum Gasteiger partial charge on any atom is 0.255 e. The van der Waals surface area contributed by atoms with Gasteiger partial charge in [0.05, 0.1) is 11.2 Å². The van der Waals surface area contributed by atoms with Crippen LogP contribution < -0.4 is 0 Å². The molecule has 3 heterocycles. The zero-order valence-electron chi connectivity index (χ0n) is 13.9. The van der Waals surface area contributed by atoms with Crippen LogP contribution in [0.3, 0.4) is 0 Å². The van der Waals surface area contributed by atoms with Gasteiger partial charge >= 0.3 is 0 Å². The number of pyridine rings is 1. The molecule has 2 aliphatic heterocycles. The first-order chi connectivity index (χ1) is 11.3. The average molecular weight is 314 g/mol. The van der Waals surface area contributed by atoms with Crippen LogP contribution in [0.15, 0.2) is 12.3 Å². The lowest BCUT2D eigenvalue weighted by Gasteiger charge is -2.27. The number of amides is 1. The summed E-state index contributed by atoms with van der Waals surface area (Å²) >= 11 is 0. The summed E-state index contributed by atoms with van der Waals surface area (Å²) in [6, 6.07) is 2.09. The lowest BCUT2D eigenvalue weighted by molar-refractivity contribution is -0.00691. The Hall–Kier alpha value is -1.42. The smallest absolute Gasteiger partial charge is 0.255 e. The minimum atomic E-state index is 0.0587. The number of rotatable bonds is 1. The zero-order chi connectivity index (χ0) is 15.7. The van der Waals surface area contributed by atoms with Gasteiger partial charge in [-0.05, 0) is 69.4 Å². The Labute approximate surface area is 138 Å². The third kappa shape index (κ3) is 3.01. The summed E-state index contributed by atoms with van der Waals surface area (Å²) in [5, 5.41) is 0. The number of ether oxygens (including phenoxy) is 1. The predicted molar refractivity (Wildman–Crippen MR) is 88.6 cm³/mol. The number of hydrogen-bond donors (Lipinski definition) is 0. The van der Waals surface area contributed by atoms with Crippen molar-refractivity contribution in [3.05, 3.63) is 29.1 Å². The van der Waals surface area contributed by atoms with Gasteiger partial charge in [0.25, 0.3) is 5.91 Å². The quantitative estimate of drug-likeness (QED) is 0.800. The van der Waals surface area contributed by atoms with Crippen LogP contribution in [0.25, 0.3) is 0 Å². The zero-order valence-corrected chi connectivity index (χ0v) is 13.9. The monoisotopic (exact) mass is 314 g/mol. The molecule has 0 N–H and O–H groups in total. The van der Waals surface area contributed by atoms with E-state index < -0.39 is 0 Å². The Morgan fingerprint density at radius 3 is 2.83 bits per heavy atom. The maximum absolute atomic E-state index is 12.9. The molecule has 1 spiro atoms. The highest BCUT2D eigenvalue weighted by molar-refractivity contribution is 5.94. The van der Waals surface area contributed by atoms with Crippen molar-refractivity contribution in [2.45, 2.75) is 63.4 Å². The Morgan fingerprint density at radius 2 is 1.96 bits per heavy atom. The van der Waals surface area contributed by atoms with Gasteiger partial charge in [0.2, 0.25) is 0 Å². The van der Waals surface area contributed by atoms with E-state index in [2.05, 4.69) is 11.1 Å². The van der Waals surface area contributed by atoms with Crippen LogP contribution in [0.5, 0.6) is 0 Å². The Balaban J connectivity index is 1.48. The van der Waals surface area contributed by atoms with Crippen LogP contribution >= 0.6 is 0 Å². The first kappa shape index (κ1) is 15.1. The standard InChI is InChI=1S/C19H26N2O2/c22-18(16-13-15-5-1-2-6-17(15)20-14-16)21-10-3-7-19(9-11-21)8-4-12-23-19/h13-14H,1-12H2/t19-/m1/s1. The molecule has 1 amide bonds. The lowest BCUT2D eigenvalue weighted by Crippen LogP contribution is -2.34. The van der Waals surface area contributed by atoms with E-state index in [-0.39, 0.29) is 11.5 Å². The number of aromatic nitrogens is 1. The molecule has 2 fully saturated rings. The largest absolute Gasteiger partial charge is 0.375 e. The number of carbonyl (C=O) groups excluding carboxylic acids is 1. The fourth-order valence-corrected chi connectivity index (χ4v) is 4.41. The fraction of sp³-hybridized carbons (Fsp3) is 0.684. The molecule has 124 valence electrons. The summed E-state index contributed by atoms with van der Waals surface area (Å²) in [5.74, 6) is 0.154. The second kappa shape index (κ2) is 6.23. The van der Waals surface area contributed by atoms with Gasteiger partial charge in [0.1, 0.15) is 0 Å². The van der Waals surface area contributed by atoms with E-state index in [0.717, 1.165) is 63.8 Å². The highest BCUT2D eigenvalue weighted by Gasteiger charge is 2.37. The average Bonchev–Trinajstić information content (AvgIpc) is 2.95. The molecule has 1 aromatic rings. The summed E-state index contributed by atoms with van der Waals surface area (Å²) in [6.07, 6.45) is 11.8.